The van der Waals surface area contributed by atoms with Crippen LogP contribution in [-0.4, -0.2) is 60.3 Å². The van der Waals surface area contributed by atoms with Crippen LogP contribution in [0, 0.1) is 11.8 Å². The highest BCUT2D eigenvalue weighted by atomic mass is 35.5. The molecule has 2 bridgehead atoms. The largest absolute Gasteiger partial charge is 0.490 e. The van der Waals surface area contributed by atoms with E-state index in [0.717, 1.165) is 61.7 Å². The third-order valence-corrected chi connectivity index (χ3v) is 12.5. The number of ketones is 1. The number of allylic oxidation sites excluding steroid dienone is 1. The molecule has 7 nitrogen and oxygen atoms in total. The van der Waals surface area contributed by atoms with Gasteiger partial charge in [0.25, 0.3) is 5.91 Å². The van der Waals surface area contributed by atoms with Gasteiger partial charge >= 0.3 is 0 Å². The van der Waals surface area contributed by atoms with Crippen molar-refractivity contribution in [2.45, 2.75) is 69.8 Å². The number of halogens is 1. The summed E-state index contributed by atoms with van der Waals surface area (Å²) in [5.74, 6) is 0.865. The SMILES string of the molecule is CCC(=O)C[S@]1(=O)=NC(=O)c2ccc3c(c2)N(C[C@@H]2CC[C@H]2[C@@H](OC)/C=C/CCC1)C[C@@]1(CCCc2cc(Cl)ccc21)CO3. The Morgan fingerprint density at radius 1 is 1.20 bits per heavy atom. The maximum absolute atomic E-state index is 13.9. The van der Waals surface area contributed by atoms with Crippen molar-refractivity contribution in [2.75, 3.05) is 43.2 Å². The fraction of sp³-hybridized carbons (Fsp3) is 0.543. The van der Waals surface area contributed by atoms with Crippen molar-refractivity contribution in [1.29, 1.82) is 0 Å². The molecule has 1 spiro atoms. The molecule has 6 rings (SSSR count). The van der Waals surface area contributed by atoms with Gasteiger partial charge in [0.05, 0.1) is 33.9 Å². The molecular formula is C35H43ClN2O5S. The van der Waals surface area contributed by atoms with Crippen molar-refractivity contribution < 1.29 is 23.3 Å². The Bertz CT molecular complexity index is 1580. The zero-order valence-electron chi connectivity index (χ0n) is 25.8. The average Bonchev–Trinajstić information content (AvgIpc) is 3.14. The molecule has 1 fully saturated rings. The van der Waals surface area contributed by atoms with E-state index in [2.05, 4.69) is 33.5 Å². The van der Waals surface area contributed by atoms with E-state index >= 15 is 0 Å². The van der Waals surface area contributed by atoms with E-state index < -0.39 is 15.6 Å². The van der Waals surface area contributed by atoms with Crippen LogP contribution in [0.15, 0.2) is 52.9 Å². The molecule has 2 heterocycles. The molecule has 0 saturated heterocycles. The van der Waals surface area contributed by atoms with E-state index in [1.165, 1.54) is 11.1 Å². The van der Waals surface area contributed by atoms with Crippen LogP contribution >= 0.6 is 11.6 Å². The summed E-state index contributed by atoms with van der Waals surface area (Å²) in [4.78, 5) is 28.4. The molecule has 0 aromatic heterocycles. The minimum Gasteiger partial charge on any atom is -0.490 e. The van der Waals surface area contributed by atoms with Gasteiger partial charge in [0.15, 0.2) is 0 Å². The van der Waals surface area contributed by atoms with Crippen LogP contribution in [0.4, 0.5) is 5.69 Å². The number of methoxy groups -OCH3 is 1. The summed E-state index contributed by atoms with van der Waals surface area (Å²) in [6, 6.07) is 11.7. The quantitative estimate of drug-likeness (QED) is 0.343. The molecule has 0 radical (unpaired) electrons. The number of amides is 1. The highest BCUT2D eigenvalue weighted by molar-refractivity contribution is 7.94. The van der Waals surface area contributed by atoms with Crippen molar-refractivity contribution in [3.8, 4) is 5.75 Å². The van der Waals surface area contributed by atoms with Gasteiger partial charge in [0, 0.05) is 48.4 Å². The normalized spacial score (nSPS) is 31.0. The van der Waals surface area contributed by atoms with Crippen LogP contribution in [-0.2, 0) is 31.1 Å². The number of aryl methyl sites for hydroxylation is 1. The lowest BCUT2D eigenvalue weighted by Crippen LogP contribution is -2.49. The lowest BCUT2D eigenvalue weighted by Gasteiger charge is -2.46. The first kappa shape index (κ1) is 31.3. The van der Waals surface area contributed by atoms with E-state index in [1.807, 2.05) is 18.2 Å². The molecule has 2 aliphatic carbocycles. The van der Waals surface area contributed by atoms with Crippen molar-refractivity contribution in [3.05, 3.63) is 70.3 Å². The Morgan fingerprint density at radius 3 is 2.84 bits per heavy atom. The van der Waals surface area contributed by atoms with Gasteiger partial charge in [-0.1, -0.05) is 36.7 Å². The topological polar surface area (TPSA) is 85.3 Å². The zero-order chi connectivity index (χ0) is 30.9. The third-order valence-electron chi connectivity index (χ3n) is 10.1. The number of carbonyl (C=O) groups excluding carboxylic acids is 2. The second-order valence-corrected chi connectivity index (χ2v) is 15.8. The molecule has 1 saturated carbocycles. The summed E-state index contributed by atoms with van der Waals surface area (Å²) < 4.78 is 30.8. The molecule has 5 atom stereocenters. The fourth-order valence-electron chi connectivity index (χ4n) is 7.54. The first-order chi connectivity index (χ1) is 21.2. The van der Waals surface area contributed by atoms with E-state index in [4.69, 9.17) is 21.1 Å². The maximum atomic E-state index is 13.9. The Kier molecular flexibility index (Phi) is 9.23. The fourth-order valence-corrected chi connectivity index (χ4v) is 9.77. The number of hydrogen-bond donors (Lipinski definition) is 0. The molecule has 4 aliphatic rings. The summed E-state index contributed by atoms with van der Waals surface area (Å²) in [6.45, 7) is 3.85. The molecule has 0 unspecified atom stereocenters. The van der Waals surface area contributed by atoms with Gasteiger partial charge < -0.3 is 14.4 Å². The summed E-state index contributed by atoms with van der Waals surface area (Å²) in [5, 5.41) is 0.753. The molecule has 236 valence electrons. The predicted molar refractivity (Wildman–Crippen MR) is 176 cm³/mol. The molecule has 2 aliphatic heterocycles. The smallest absolute Gasteiger partial charge is 0.285 e. The monoisotopic (exact) mass is 638 g/mol. The second kappa shape index (κ2) is 13.0. The standard InChI is InChI=1S/C35H43ClN2O5S/c1-3-28(39)21-44(41)17-6-4-5-9-32(42-2)29-13-10-26(29)20-38-22-35(16-7-8-24-18-27(36)12-14-30(24)35)23-43-33-15-11-25(19-31(33)38)34(40)37-44/h5,9,11-12,14-15,18-19,26,29,32H,3-4,6-8,10,13,16-17,20-23H2,1-2H3/b9-5+/t26-,29+,32-,35-,44-/m0/s1. The number of rotatable bonds is 4. The summed E-state index contributed by atoms with van der Waals surface area (Å²) in [7, 11) is -1.28. The van der Waals surface area contributed by atoms with Crippen LogP contribution in [0.5, 0.6) is 5.75 Å². The van der Waals surface area contributed by atoms with E-state index in [1.54, 1.807) is 20.1 Å². The van der Waals surface area contributed by atoms with Gasteiger partial charge in [-0.3, -0.25) is 9.59 Å². The van der Waals surface area contributed by atoms with Gasteiger partial charge in [-0.15, -0.1) is 0 Å². The third kappa shape index (κ3) is 6.35. The van der Waals surface area contributed by atoms with Crippen LogP contribution in [0.3, 0.4) is 0 Å². The Labute approximate surface area is 266 Å². The van der Waals surface area contributed by atoms with E-state index in [-0.39, 0.29) is 35.2 Å². The van der Waals surface area contributed by atoms with Crippen LogP contribution < -0.4 is 9.64 Å². The maximum Gasteiger partial charge on any atom is 0.285 e. The minimum absolute atomic E-state index is 0.000475. The number of fused-ring (bicyclic) bond motifs is 4. The minimum atomic E-state index is -3.05. The molecule has 2 aromatic carbocycles. The first-order valence-corrected chi connectivity index (χ1v) is 18.2. The number of Topliss-reactive ketones (excluding diaryl/α,β-unsaturated/α-hetero) is 1. The van der Waals surface area contributed by atoms with Crippen molar-refractivity contribution >= 4 is 38.7 Å². The number of nitrogens with zero attached hydrogens (tertiary/aromatic N) is 2. The number of benzene rings is 2. The number of ether oxygens (including phenoxy) is 2. The van der Waals surface area contributed by atoms with E-state index in [0.29, 0.717) is 36.8 Å². The highest BCUT2D eigenvalue weighted by Crippen LogP contribution is 2.47. The van der Waals surface area contributed by atoms with E-state index in [9.17, 15) is 13.8 Å². The van der Waals surface area contributed by atoms with Crippen molar-refractivity contribution in [2.24, 2.45) is 16.2 Å². The lowest BCUT2D eigenvalue weighted by atomic mass is 9.68. The van der Waals surface area contributed by atoms with Gasteiger partial charge in [0.2, 0.25) is 0 Å². The van der Waals surface area contributed by atoms with Gasteiger partial charge in [0.1, 0.15) is 11.5 Å². The Hall–Kier alpha value is -2.68. The lowest BCUT2D eigenvalue weighted by molar-refractivity contribution is -0.116. The summed E-state index contributed by atoms with van der Waals surface area (Å²) in [6.07, 6.45) is 11.0. The highest BCUT2D eigenvalue weighted by Gasteiger charge is 2.44. The Balaban J connectivity index is 1.44. The molecule has 9 heteroatoms. The molecule has 44 heavy (non-hydrogen) atoms. The van der Waals surface area contributed by atoms with Crippen molar-refractivity contribution in [3.63, 3.8) is 0 Å². The van der Waals surface area contributed by atoms with Gasteiger partial charge in [-0.05, 0) is 98.2 Å². The second-order valence-electron chi connectivity index (χ2n) is 13.0. The zero-order valence-corrected chi connectivity index (χ0v) is 27.3. The average molecular weight is 639 g/mol. The molecule has 0 N–H and O–H groups in total. The van der Waals surface area contributed by atoms with Crippen LogP contribution in [0.2, 0.25) is 5.02 Å². The molecule has 1 amide bonds. The molecular weight excluding hydrogens is 596 g/mol. The molecule has 2 aromatic rings. The predicted octanol–water partition coefficient (Wildman–Crippen LogP) is 6.79. The van der Waals surface area contributed by atoms with Gasteiger partial charge in [-0.2, -0.15) is 4.36 Å². The van der Waals surface area contributed by atoms with Crippen LogP contribution in [0.25, 0.3) is 0 Å². The summed E-state index contributed by atoms with van der Waals surface area (Å²) >= 11 is 6.42. The van der Waals surface area contributed by atoms with Crippen LogP contribution in [0.1, 0.15) is 73.4 Å². The number of anilines is 1. The Morgan fingerprint density at radius 2 is 2.07 bits per heavy atom. The van der Waals surface area contributed by atoms with Crippen molar-refractivity contribution in [1.82, 2.24) is 0 Å². The number of hydrogen-bond acceptors (Lipinski definition) is 6. The number of carbonyl (C=O) groups is 2. The summed E-state index contributed by atoms with van der Waals surface area (Å²) in [5.41, 5.74) is 3.59. The van der Waals surface area contributed by atoms with Gasteiger partial charge in [-0.25, -0.2) is 4.21 Å². The first-order valence-electron chi connectivity index (χ1n) is 16.0.